The van der Waals surface area contributed by atoms with E-state index < -0.39 is 18.1 Å². The first-order valence-electron chi connectivity index (χ1n) is 24.3. The fourth-order valence-corrected chi connectivity index (χ4v) is 6.40. The van der Waals surface area contributed by atoms with E-state index in [0.717, 1.165) is 57.8 Å². The van der Waals surface area contributed by atoms with Gasteiger partial charge in [0.1, 0.15) is 12.6 Å². The molecule has 2 atom stereocenters. The number of carbonyl (C=O) groups excluding carboxylic acids is 3. The summed E-state index contributed by atoms with van der Waals surface area (Å²) < 4.78 is 17.1. The van der Waals surface area contributed by atoms with Crippen molar-refractivity contribution in [2.24, 2.45) is 0 Å². The number of esters is 2. The minimum atomic E-state index is -1.14. The molecule has 8 nitrogen and oxygen atoms in total. The van der Waals surface area contributed by atoms with Gasteiger partial charge in [-0.1, -0.05) is 156 Å². The van der Waals surface area contributed by atoms with Crippen LogP contribution >= 0.6 is 0 Å². The summed E-state index contributed by atoms with van der Waals surface area (Å²) in [7, 11) is 5.37. The van der Waals surface area contributed by atoms with Crippen LogP contribution in [0.25, 0.3) is 0 Å². The number of nitrogens with zero attached hydrogens (tertiary/aromatic N) is 1. The minimum absolute atomic E-state index is 0.00131. The molecular weight excluding hydrogens is 775 g/mol. The van der Waals surface area contributed by atoms with Crippen LogP contribution in [0, 0.1) is 0 Å². The lowest BCUT2D eigenvalue weighted by molar-refractivity contribution is -0.889. The maximum Gasteiger partial charge on any atom is 0.306 e. The molecule has 8 heteroatoms. The molecule has 0 aliphatic carbocycles. The van der Waals surface area contributed by atoms with Gasteiger partial charge in [0, 0.05) is 19.3 Å². The number of allylic oxidation sites excluding steroid dienone is 16. The third-order valence-corrected chi connectivity index (χ3v) is 10.2. The molecule has 0 bridgehead atoms. The lowest BCUT2D eigenvalue weighted by atomic mass is 10.1. The summed E-state index contributed by atoms with van der Waals surface area (Å²) in [5.74, 6) is -1.87. The molecule has 0 spiro atoms. The summed E-state index contributed by atoms with van der Waals surface area (Å²) in [6.45, 7) is 4.51. The average Bonchev–Trinajstić information content (AvgIpc) is 3.23. The Balaban J connectivity index is 4.48. The van der Waals surface area contributed by atoms with Gasteiger partial charge in [-0.2, -0.15) is 0 Å². The van der Waals surface area contributed by atoms with Crippen molar-refractivity contribution in [1.29, 1.82) is 0 Å². The van der Waals surface area contributed by atoms with E-state index in [4.69, 9.17) is 14.2 Å². The van der Waals surface area contributed by atoms with Crippen LogP contribution in [0.4, 0.5) is 0 Å². The SMILES string of the molecule is CCCCC/C=C/C/C=C/C/C=C/C/C=C/C/C=C/CCCCC(=O)OC(COCCC(C(=O)[O-])[N+](C)(C)C)COC(=O)CCC/C=C/C/C=C/C/C=C/CCCCCCCC. The molecule has 62 heavy (non-hydrogen) atoms. The molecule has 0 aromatic heterocycles. The average molecular weight is 864 g/mol. The predicted molar refractivity (Wildman–Crippen MR) is 258 cm³/mol. The molecule has 0 saturated heterocycles. The second-order valence-corrected chi connectivity index (χ2v) is 17.0. The number of carboxylic acid groups (broad SMARTS) is 1. The summed E-state index contributed by atoms with van der Waals surface area (Å²) >= 11 is 0. The Labute approximate surface area is 379 Å². The van der Waals surface area contributed by atoms with Crippen LogP contribution in [-0.4, -0.2) is 75.5 Å². The fourth-order valence-electron chi connectivity index (χ4n) is 6.40. The van der Waals surface area contributed by atoms with Crippen molar-refractivity contribution in [2.45, 2.75) is 187 Å². The van der Waals surface area contributed by atoms with E-state index in [1.807, 2.05) is 0 Å². The fraction of sp³-hybridized carbons (Fsp3) is 0.648. The standard InChI is InChI=1S/C54H89NO7/c1-6-8-10-12-14-16-18-20-22-24-25-26-27-29-31-33-35-37-39-41-43-45-53(57)62-50(48-60-47-46-51(54(58)59)55(3,4)5)49-61-52(56)44-42-40-38-36-34-32-30-28-23-21-19-17-15-13-11-9-7-2/h14,16,20-23,25-26,29-32,35-38,50-51H,6-13,15,17-19,24,27-28,33-34,39-49H2,1-5H3/b16-14+,22-20+,23-21+,26-25+,31-29+,32-30+,37-35+,38-36+. The lowest BCUT2D eigenvalue weighted by Gasteiger charge is -2.34. The van der Waals surface area contributed by atoms with E-state index in [2.05, 4.69) is 111 Å². The monoisotopic (exact) mass is 864 g/mol. The van der Waals surface area contributed by atoms with Gasteiger partial charge in [0.05, 0.1) is 40.3 Å². The Bertz CT molecular complexity index is 1330. The van der Waals surface area contributed by atoms with E-state index in [1.54, 1.807) is 21.1 Å². The highest BCUT2D eigenvalue weighted by molar-refractivity contribution is 5.70. The van der Waals surface area contributed by atoms with Gasteiger partial charge in [-0.05, 0) is 96.3 Å². The molecule has 0 amide bonds. The normalized spacial score (nSPS) is 13.8. The molecule has 0 aromatic carbocycles. The van der Waals surface area contributed by atoms with Gasteiger partial charge in [0.15, 0.2) is 6.10 Å². The first kappa shape index (κ1) is 58.2. The summed E-state index contributed by atoms with van der Waals surface area (Å²) in [6, 6.07) is -0.747. The molecule has 0 rings (SSSR count). The number of unbranched alkanes of at least 4 members (excludes halogenated alkanes) is 12. The molecule has 2 unspecified atom stereocenters. The molecule has 0 N–H and O–H groups in total. The first-order valence-corrected chi connectivity index (χ1v) is 24.3. The van der Waals surface area contributed by atoms with Crippen LogP contribution in [0.2, 0.25) is 0 Å². The first-order chi connectivity index (χ1) is 30.1. The van der Waals surface area contributed by atoms with Gasteiger partial charge >= 0.3 is 11.9 Å². The number of ether oxygens (including phenoxy) is 3. The molecule has 352 valence electrons. The van der Waals surface area contributed by atoms with Gasteiger partial charge in [-0.15, -0.1) is 0 Å². The van der Waals surface area contributed by atoms with E-state index in [1.165, 1.54) is 70.6 Å². The molecular formula is C54H89NO7. The third kappa shape index (κ3) is 41.6. The highest BCUT2D eigenvalue weighted by Gasteiger charge is 2.25. The number of aliphatic carboxylic acids is 1. The Morgan fingerprint density at radius 3 is 1.34 bits per heavy atom. The van der Waals surface area contributed by atoms with Crippen molar-refractivity contribution in [1.82, 2.24) is 0 Å². The second-order valence-electron chi connectivity index (χ2n) is 17.0. The Morgan fingerprint density at radius 2 is 0.871 bits per heavy atom. The lowest BCUT2D eigenvalue weighted by Crippen LogP contribution is -2.55. The molecule has 0 aliphatic heterocycles. The van der Waals surface area contributed by atoms with Crippen LogP contribution in [0.3, 0.4) is 0 Å². The van der Waals surface area contributed by atoms with Gasteiger partial charge in [0.2, 0.25) is 0 Å². The number of carbonyl (C=O) groups is 3. The van der Waals surface area contributed by atoms with Crippen molar-refractivity contribution < 1.29 is 38.2 Å². The summed E-state index contributed by atoms with van der Waals surface area (Å²) in [5, 5.41) is 11.6. The van der Waals surface area contributed by atoms with Crippen LogP contribution in [-0.2, 0) is 28.6 Å². The zero-order valence-corrected chi connectivity index (χ0v) is 40.0. The van der Waals surface area contributed by atoms with Gasteiger partial charge in [-0.3, -0.25) is 9.59 Å². The zero-order valence-electron chi connectivity index (χ0n) is 40.0. The number of rotatable bonds is 42. The van der Waals surface area contributed by atoms with Crippen molar-refractivity contribution >= 4 is 17.9 Å². The van der Waals surface area contributed by atoms with Crippen LogP contribution in [0.15, 0.2) is 97.2 Å². The van der Waals surface area contributed by atoms with Crippen molar-refractivity contribution in [2.75, 3.05) is 41.0 Å². The minimum Gasteiger partial charge on any atom is -0.544 e. The van der Waals surface area contributed by atoms with Crippen molar-refractivity contribution in [3.8, 4) is 0 Å². The van der Waals surface area contributed by atoms with Crippen LogP contribution in [0.5, 0.6) is 0 Å². The summed E-state index contributed by atoms with van der Waals surface area (Å²) in [5.41, 5.74) is 0. The Hall–Kier alpha value is -3.75. The second kappa shape index (κ2) is 43.9. The highest BCUT2D eigenvalue weighted by atomic mass is 16.6. The Morgan fingerprint density at radius 1 is 0.484 bits per heavy atom. The number of carboxylic acids is 1. The number of quaternary nitrogens is 1. The van der Waals surface area contributed by atoms with Gasteiger partial charge in [0.25, 0.3) is 0 Å². The maximum absolute atomic E-state index is 12.7. The van der Waals surface area contributed by atoms with E-state index >= 15 is 0 Å². The molecule has 0 radical (unpaired) electrons. The predicted octanol–water partition coefficient (Wildman–Crippen LogP) is 12.5. The number of hydrogen-bond donors (Lipinski definition) is 0. The van der Waals surface area contributed by atoms with E-state index in [-0.39, 0.29) is 55.5 Å². The summed E-state index contributed by atoms with van der Waals surface area (Å²) in [4.78, 5) is 36.9. The highest BCUT2D eigenvalue weighted by Crippen LogP contribution is 2.11. The molecule has 0 fully saturated rings. The quantitative estimate of drug-likeness (QED) is 0.0261. The van der Waals surface area contributed by atoms with Gasteiger partial charge in [-0.25, -0.2) is 0 Å². The van der Waals surface area contributed by atoms with Gasteiger partial charge < -0.3 is 28.6 Å². The maximum atomic E-state index is 12.7. The zero-order chi connectivity index (χ0) is 45.6. The topological polar surface area (TPSA) is 102 Å². The van der Waals surface area contributed by atoms with E-state index in [9.17, 15) is 19.5 Å². The molecule has 0 heterocycles. The van der Waals surface area contributed by atoms with Crippen molar-refractivity contribution in [3.63, 3.8) is 0 Å². The number of hydrogen-bond acceptors (Lipinski definition) is 7. The third-order valence-electron chi connectivity index (χ3n) is 10.2. The van der Waals surface area contributed by atoms with E-state index in [0.29, 0.717) is 12.8 Å². The molecule has 0 aliphatic rings. The smallest absolute Gasteiger partial charge is 0.306 e. The van der Waals surface area contributed by atoms with Crippen LogP contribution < -0.4 is 5.11 Å². The van der Waals surface area contributed by atoms with Crippen LogP contribution in [0.1, 0.15) is 174 Å². The molecule has 0 saturated carbocycles. The summed E-state index contributed by atoms with van der Waals surface area (Å²) in [6.07, 6.45) is 58.7. The Kier molecular flexibility index (Phi) is 41.2. The largest absolute Gasteiger partial charge is 0.544 e. The van der Waals surface area contributed by atoms with Crippen molar-refractivity contribution in [3.05, 3.63) is 97.2 Å². The number of likely N-dealkylation sites (N-methyl/N-ethyl adjacent to an activating group) is 1. The molecule has 0 aromatic rings.